The van der Waals surface area contributed by atoms with Gasteiger partial charge in [0.1, 0.15) is 12.4 Å². The van der Waals surface area contributed by atoms with Crippen LogP contribution in [-0.2, 0) is 6.42 Å². The fraction of sp³-hybridized carbons (Fsp3) is 0.435. The number of benzene rings is 2. The van der Waals surface area contributed by atoms with Gasteiger partial charge >= 0.3 is 0 Å². The Balaban J connectivity index is 1.58. The number of hydrogen-bond donors (Lipinski definition) is 2. The van der Waals surface area contributed by atoms with E-state index in [0.29, 0.717) is 18.7 Å². The first-order valence-corrected chi connectivity index (χ1v) is 10.2. The molecule has 0 bridgehead atoms. The predicted octanol–water partition coefficient (Wildman–Crippen LogP) is 2.35. The van der Waals surface area contributed by atoms with Crippen LogP contribution in [0.15, 0.2) is 42.5 Å². The van der Waals surface area contributed by atoms with Crippen molar-refractivity contribution < 1.29 is 14.9 Å². The van der Waals surface area contributed by atoms with E-state index >= 15 is 0 Å². The van der Waals surface area contributed by atoms with E-state index in [9.17, 15) is 5.11 Å². The third-order valence-corrected chi connectivity index (χ3v) is 5.34. The molecule has 2 N–H and O–H groups in total. The number of rotatable bonds is 8. The summed E-state index contributed by atoms with van der Waals surface area (Å²) in [7, 11) is 0. The molecule has 0 radical (unpaired) electrons. The maximum atomic E-state index is 10.6. The molecule has 1 saturated heterocycles. The number of anilines is 1. The third kappa shape index (κ3) is 5.48. The Labute approximate surface area is 172 Å². The second-order valence-electron chi connectivity index (χ2n) is 7.26. The van der Waals surface area contributed by atoms with Crippen LogP contribution in [0.1, 0.15) is 29.7 Å². The Hall–Kier alpha value is -2.59. The minimum atomic E-state index is -0.594. The number of aliphatic hydroxyl groups is 2. The van der Waals surface area contributed by atoms with E-state index in [-0.39, 0.29) is 6.61 Å². The zero-order valence-electron chi connectivity index (χ0n) is 16.9. The van der Waals surface area contributed by atoms with E-state index in [4.69, 9.17) is 15.1 Å². The zero-order chi connectivity index (χ0) is 20.6. The summed E-state index contributed by atoms with van der Waals surface area (Å²) in [5.74, 6) is 0.793. The van der Waals surface area contributed by atoms with Crippen molar-refractivity contribution in [3.63, 3.8) is 0 Å². The first-order valence-electron chi connectivity index (χ1n) is 10.2. The van der Waals surface area contributed by atoms with Crippen LogP contribution >= 0.6 is 0 Å². The molecule has 6 heteroatoms. The molecule has 0 spiro atoms. The second kappa shape index (κ2) is 10.3. The number of nitriles is 1. The highest BCUT2D eigenvalue weighted by Crippen LogP contribution is 2.27. The van der Waals surface area contributed by atoms with E-state index in [1.54, 1.807) is 12.1 Å². The molecule has 0 amide bonds. The van der Waals surface area contributed by atoms with Crippen LogP contribution in [0.5, 0.6) is 5.75 Å². The highest BCUT2D eigenvalue weighted by molar-refractivity contribution is 5.57. The van der Waals surface area contributed by atoms with Gasteiger partial charge in [0.2, 0.25) is 0 Å². The van der Waals surface area contributed by atoms with Gasteiger partial charge in [-0.2, -0.15) is 5.26 Å². The predicted molar refractivity (Wildman–Crippen MR) is 113 cm³/mol. The maximum Gasteiger partial charge on any atom is 0.119 e. The summed E-state index contributed by atoms with van der Waals surface area (Å²) in [6.07, 6.45) is 0.323. The van der Waals surface area contributed by atoms with Crippen molar-refractivity contribution in [3.8, 4) is 11.8 Å². The minimum absolute atomic E-state index is 0.0117. The molecule has 0 aliphatic carbocycles. The highest BCUT2D eigenvalue weighted by atomic mass is 16.5. The standard InChI is InChI=1S/C23H29N3O3/c1-2-19-15-21(29-13-12-27)6-7-22(19)26-10-8-25(9-11-26)17-23(28)20-5-3-4-18(14-20)16-24/h3-7,14-15,23,27-28H,2,8-13,17H2,1H3. The van der Waals surface area contributed by atoms with Gasteiger partial charge in [0, 0.05) is 38.4 Å². The molecule has 0 aromatic heterocycles. The van der Waals surface area contributed by atoms with E-state index in [1.807, 2.05) is 18.2 Å². The van der Waals surface area contributed by atoms with Gasteiger partial charge in [-0.05, 0) is 47.9 Å². The van der Waals surface area contributed by atoms with Crippen LogP contribution in [0.3, 0.4) is 0 Å². The van der Waals surface area contributed by atoms with Crippen LogP contribution in [0.4, 0.5) is 5.69 Å². The molecule has 1 atom stereocenters. The lowest BCUT2D eigenvalue weighted by molar-refractivity contribution is 0.109. The number of aryl methyl sites for hydroxylation is 1. The summed E-state index contributed by atoms with van der Waals surface area (Å²) in [6.45, 7) is 6.57. The summed E-state index contributed by atoms with van der Waals surface area (Å²) in [4.78, 5) is 4.65. The lowest BCUT2D eigenvalue weighted by Crippen LogP contribution is -2.47. The number of β-amino-alcohol motifs (C(OH)–C–C–N with tert-alkyl or cyclic N) is 1. The monoisotopic (exact) mass is 395 g/mol. The number of ether oxygens (including phenoxy) is 1. The molecule has 3 rings (SSSR count). The SMILES string of the molecule is CCc1cc(OCCO)ccc1N1CCN(CC(O)c2cccc(C#N)c2)CC1. The van der Waals surface area contributed by atoms with Crippen LogP contribution in [0.25, 0.3) is 0 Å². The third-order valence-electron chi connectivity index (χ3n) is 5.34. The fourth-order valence-corrected chi connectivity index (χ4v) is 3.74. The fourth-order valence-electron chi connectivity index (χ4n) is 3.74. The Kier molecular flexibility index (Phi) is 7.48. The largest absolute Gasteiger partial charge is 0.491 e. The molecular weight excluding hydrogens is 366 g/mol. The van der Waals surface area contributed by atoms with Crippen molar-refractivity contribution in [3.05, 3.63) is 59.2 Å². The van der Waals surface area contributed by atoms with Crippen molar-refractivity contribution in [2.45, 2.75) is 19.4 Å². The first kappa shape index (κ1) is 21.1. The second-order valence-corrected chi connectivity index (χ2v) is 7.26. The molecular formula is C23H29N3O3. The Morgan fingerprint density at radius 3 is 2.62 bits per heavy atom. The summed E-state index contributed by atoms with van der Waals surface area (Å²) < 4.78 is 5.53. The molecule has 1 aliphatic rings. The summed E-state index contributed by atoms with van der Waals surface area (Å²) in [5, 5.41) is 28.5. The molecule has 1 aliphatic heterocycles. The van der Waals surface area contributed by atoms with Crippen molar-refractivity contribution >= 4 is 5.69 Å². The molecule has 1 unspecified atom stereocenters. The average Bonchev–Trinajstić information content (AvgIpc) is 2.78. The lowest BCUT2D eigenvalue weighted by atomic mass is 10.1. The summed E-state index contributed by atoms with van der Waals surface area (Å²) in [5.41, 5.74) is 3.83. The Bertz CT molecular complexity index is 842. The molecule has 2 aromatic rings. The van der Waals surface area contributed by atoms with Crippen molar-refractivity contribution in [1.82, 2.24) is 4.90 Å². The average molecular weight is 396 g/mol. The normalized spacial score (nSPS) is 15.7. The van der Waals surface area contributed by atoms with Gasteiger partial charge in [0.15, 0.2) is 0 Å². The summed E-state index contributed by atoms with van der Waals surface area (Å²) in [6, 6.07) is 15.4. The van der Waals surface area contributed by atoms with Gasteiger partial charge in [0.25, 0.3) is 0 Å². The maximum absolute atomic E-state index is 10.6. The molecule has 6 nitrogen and oxygen atoms in total. The number of hydrogen-bond acceptors (Lipinski definition) is 6. The molecule has 29 heavy (non-hydrogen) atoms. The molecule has 1 fully saturated rings. The number of nitrogens with zero attached hydrogens (tertiary/aromatic N) is 3. The Morgan fingerprint density at radius 2 is 1.93 bits per heavy atom. The van der Waals surface area contributed by atoms with Crippen LogP contribution in [0.2, 0.25) is 0 Å². The summed E-state index contributed by atoms with van der Waals surface area (Å²) >= 11 is 0. The topological polar surface area (TPSA) is 80.0 Å². The Morgan fingerprint density at radius 1 is 1.14 bits per heavy atom. The molecule has 154 valence electrons. The van der Waals surface area contributed by atoms with E-state index in [2.05, 4.69) is 34.9 Å². The van der Waals surface area contributed by atoms with E-state index < -0.39 is 6.10 Å². The van der Waals surface area contributed by atoms with Crippen LogP contribution < -0.4 is 9.64 Å². The van der Waals surface area contributed by atoms with Crippen LogP contribution in [0, 0.1) is 11.3 Å². The minimum Gasteiger partial charge on any atom is -0.491 e. The quantitative estimate of drug-likeness (QED) is 0.714. The van der Waals surface area contributed by atoms with Gasteiger partial charge in [-0.3, -0.25) is 4.90 Å². The van der Waals surface area contributed by atoms with Crippen LogP contribution in [-0.4, -0.2) is 61.1 Å². The van der Waals surface area contributed by atoms with Gasteiger partial charge < -0.3 is 19.8 Å². The van der Waals surface area contributed by atoms with Gasteiger partial charge in [0.05, 0.1) is 24.3 Å². The van der Waals surface area contributed by atoms with Crippen molar-refractivity contribution in [2.75, 3.05) is 50.8 Å². The van der Waals surface area contributed by atoms with E-state index in [1.165, 1.54) is 11.3 Å². The molecule has 2 aromatic carbocycles. The molecule has 0 saturated carbocycles. The molecule has 1 heterocycles. The van der Waals surface area contributed by atoms with Gasteiger partial charge in [-0.25, -0.2) is 0 Å². The number of aliphatic hydroxyl groups excluding tert-OH is 2. The van der Waals surface area contributed by atoms with Crippen molar-refractivity contribution in [1.29, 1.82) is 5.26 Å². The smallest absolute Gasteiger partial charge is 0.119 e. The number of piperazine rings is 1. The lowest BCUT2D eigenvalue weighted by Gasteiger charge is -2.37. The first-order chi connectivity index (χ1) is 14.1. The van der Waals surface area contributed by atoms with Crippen molar-refractivity contribution in [2.24, 2.45) is 0 Å². The van der Waals surface area contributed by atoms with Gasteiger partial charge in [-0.15, -0.1) is 0 Å². The van der Waals surface area contributed by atoms with E-state index in [0.717, 1.165) is 43.9 Å². The zero-order valence-corrected chi connectivity index (χ0v) is 16.9. The van der Waals surface area contributed by atoms with Gasteiger partial charge in [-0.1, -0.05) is 19.1 Å². The highest BCUT2D eigenvalue weighted by Gasteiger charge is 2.21.